The molecule has 176 valence electrons. The van der Waals surface area contributed by atoms with Gasteiger partial charge in [-0.15, -0.1) is 0 Å². The molecule has 8 nitrogen and oxygen atoms in total. The molecule has 0 spiro atoms. The van der Waals surface area contributed by atoms with Crippen LogP contribution in [0.3, 0.4) is 0 Å². The highest BCUT2D eigenvalue weighted by Gasteiger charge is 2.72. The zero-order valence-corrected chi connectivity index (χ0v) is 19.7. The number of carbonyl (C=O) groups is 4. The van der Waals surface area contributed by atoms with Gasteiger partial charge in [0.2, 0.25) is 5.78 Å². The molecule has 0 N–H and O–H groups in total. The van der Waals surface area contributed by atoms with Crippen molar-refractivity contribution < 1.29 is 38.1 Å². The standard InChI is InChI=1S/C24H32O8/c1-12(2)9-10-18(29-11-13(3)15(5)25)14(4)19-20(30-16(6)26)22(28)24(8)23(32-24)21(19)31-17(7)27/h9,11,18-21,23H,4,10H2,1-3,5-8H3. The molecule has 32 heavy (non-hydrogen) atoms. The van der Waals surface area contributed by atoms with Crippen LogP contribution in [0.2, 0.25) is 0 Å². The molecule has 2 rings (SSSR count). The van der Waals surface area contributed by atoms with Crippen LogP contribution in [0.15, 0.2) is 35.6 Å². The Hall–Kier alpha value is -2.74. The van der Waals surface area contributed by atoms with Crippen molar-refractivity contribution in [1.82, 2.24) is 0 Å². The molecule has 1 heterocycles. The van der Waals surface area contributed by atoms with Gasteiger partial charge < -0.3 is 18.9 Å². The summed E-state index contributed by atoms with van der Waals surface area (Å²) >= 11 is 0. The summed E-state index contributed by atoms with van der Waals surface area (Å²) in [5, 5.41) is 0. The van der Waals surface area contributed by atoms with Gasteiger partial charge >= 0.3 is 11.9 Å². The predicted molar refractivity (Wildman–Crippen MR) is 115 cm³/mol. The van der Waals surface area contributed by atoms with E-state index >= 15 is 0 Å². The van der Waals surface area contributed by atoms with Crippen LogP contribution in [0, 0.1) is 5.92 Å². The van der Waals surface area contributed by atoms with Crippen molar-refractivity contribution in [2.75, 3.05) is 0 Å². The normalized spacial score (nSPS) is 29.8. The minimum Gasteiger partial charge on any atom is -0.493 e. The molecule has 2 fully saturated rings. The lowest BCUT2D eigenvalue weighted by Gasteiger charge is -2.38. The van der Waals surface area contributed by atoms with Crippen LogP contribution in [-0.4, -0.2) is 53.5 Å². The van der Waals surface area contributed by atoms with Crippen LogP contribution < -0.4 is 0 Å². The van der Waals surface area contributed by atoms with E-state index in [0.717, 1.165) is 5.57 Å². The molecule has 1 aliphatic carbocycles. The van der Waals surface area contributed by atoms with Gasteiger partial charge in [-0.3, -0.25) is 19.2 Å². The second-order valence-corrected chi connectivity index (χ2v) is 8.71. The zero-order valence-electron chi connectivity index (χ0n) is 19.7. The Bertz CT molecular complexity index is 878. The first-order valence-electron chi connectivity index (χ1n) is 10.5. The van der Waals surface area contributed by atoms with Gasteiger partial charge in [-0.1, -0.05) is 18.2 Å². The number of esters is 2. The van der Waals surface area contributed by atoms with Gasteiger partial charge in [-0.05, 0) is 40.2 Å². The number of ether oxygens (including phenoxy) is 4. The van der Waals surface area contributed by atoms with Crippen molar-refractivity contribution in [3.63, 3.8) is 0 Å². The third-order valence-electron chi connectivity index (χ3n) is 5.72. The van der Waals surface area contributed by atoms with Crippen molar-refractivity contribution in [3.05, 3.63) is 35.6 Å². The minimum atomic E-state index is -1.25. The van der Waals surface area contributed by atoms with Crippen molar-refractivity contribution >= 4 is 23.5 Å². The van der Waals surface area contributed by atoms with Crippen molar-refractivity contribution in [2.24, 2.45) is 5.92 Å². The fourth-order valence-corrected chi connectivity index (χ4v) is 3.77. The first kappa shape index (κ1) is 25.5. The Morgan fingerprint density at radius 1 is 1.09 bits per heavy atom. The molecule has 1 saturated carbocycles. The number of fused-ring (bicyclic) bond motifs is 1. The molecule has 2 aliphatic rings. The lowest BCUT2D eigenvalue weighted by atomic mass is 9.72. The van der Waals surface area contributed by atoms with Crippen molar-refractivity contribution in [3.8, 4) is 0 Å². The maximum Gasteiger partial charge on any atom is 0.303 e. The van der Waals surface area contributed by atoms with Gasteiger partial charge in [-0.2, -0.15) is 0 Å². The second kappa shape index (κ2) is 9.81. The Labute approximate surface area is 188 Å². The summed E-state index contributed by atoms with van der Waals surface area (Å²) in [5.74, 6) is -2.65. The van der Waals surface area contributed by atoms with Gasteiger partial charge in [0, 0.05) is 25.8 Å². The number of carbonyl (C=O) groups excluding carboxylic acids is 4. The summed E-state index contributed by atoms with van der Waals surface area (Å²) in [7, 11) is 0. The van der Waals surface area contributed by atoms with Crippen molar-refractivity contribution in [1.29, 1.82) is 0 Å². The largest absolute Gasteiger partial charge is 0.493 e. The van der Waals surface area contributed by atoms with Gasteiger partial charge in [0.05, 0.1) is 12.2 Å². The molecular weight excluding hydrogens is 416 g/mol. The molecule has 1 aliphatic heterocycles. The van der Waals surface area contributed by atoms with E-state index in [-0.39, 0.29) is 5.78 Å². The first-order valence-corrected chi connectivity index (χ1v) is 10.5. The second-order valence-electron chi connectivity index (χ2n) is 8.71. The monoisotopic (exact) mass is 448 g/mol. The van der Waals surface area contributed by atoms with E-state index in [1.54, 1.807) is 13.8 Å². The Kier molecular flexibility index (Phi) is 7.83. The van der Waals surface area contributed by atoms with E-state index in [1.807, 2.05) is 19.9 Å². The fraction of sp³-hybridized carbons (Fsp3) is 0.583. The lowest BCUT2D eigenvalue weighted by molar-refractivity contribution is -0.168. The molecule has 6 atom stereocenters. The summed E-state index contributed by atoms with van der Waals surface area (Å²) in [5.41, 5.74) is 0.646. The molecule has 0 amide bonds. The minimum absolute atomic E-state index is 0.151. The van der Waals surface area contributed by atoms with Crippen LogP contribution in [0.25, 0.3) is 0 Å². The number of hydrogen-bond acceptors (Lipinski definition) is 8. The van der Waals surface area contributed by atoms with Crippen molar-refractivity contribution in [2.45, 2.75) is 84.9 Å². The van der Waals surface area contributed by atoms with Crippen LogP contribution in [0.1, 0.15) is 54.9 Å². The van der Waals surface area contributed by atoms with Crippen LogP contribution in [-0.2, 0) is 38.1 Å². The number of hydrogen-bond donors (Lipinski definition) is 0. The average Bonchev–Trinajstić information content (AvgIpc) is 3.37. The topological polar surface area (TPSA) is 108 Å². The van der Waals surface area contributed by atoms with Crippen LogP contribution >= 0.6 is 0 Å². The molecule has 6 unspecified atom stereocenters. The van der Waals surface area contributed by atoms with Gasteiger partial charge in [-0.25, -0.2) is 0 Å². The first-order chi connectivity index (χ1) is 14.8. The Balaban J connectivity index is 2.48. The van der Waals surface area contributed by atoms with Gasteiger partial charge in [0.15, 0.2) is 17.5 Å². The highest BCUT2D eigenvalue weighted by atomic mass is 16.7. The van der Waals surface area contributed by atoms with E-state index in [4.69, 9.17) is 18.9 Å². The SMILES string of the molecule is C=C(C(CC=C(C)C)OC=C(C)C(C)=O)C1C(OC(C)=O)C(=O)C2(C)OC2C1OC(C)=O. The number of allylic oxidation sites excluding steroid dienone is 2. The maximum atomic E-state index is 13.1. The van der Waals surface area contributed by atoms with Gasteiger partial charge in [0.25, 0.3) is 0 Å². The third kappa shape index (κ3) is 5.54. The lowest BCUT2D eigenvalue weighted by Crippen LogP contribution is -2.56. The Morgan fingerprint density at radius 2 is 1.69 bits per heavy atom. The number of epoxide rings is 1. The summed E-state index contributed by atoms with van der Waals surface area (Å²) in [4.78, 5) is 48.4. The van der Waals surface area contributed by atoms with E-state index in [2.05, 4.69) is 6.58 Å². The highest BCUT2D eigenvalue weighted by Crippen LogP contribution is 2.51. The molecule has 0 aromatic carbocycles. The summed E-state index contributed by atoms with van der Waals surface area (Å²) in [6.07, 6.45) is 0.183. The zero-order chi connectivity index (χ0) is 24.4. The molecular formula is C24H32O8. The summed E-state index contributed by atoms with van der Waals surface area (Å²) < 4.78 is 22.4. The Morgan fingerprint density at radius 3 is 2.19 bits per heavy atom. The summed E-state index contributed by atoms with van der Waals surface area (Å²) in [6, 6.07) is 0. The molecule has 1 saturated heterocycles. The van der Waals surface area contributed by atoms with E-state index in [1.165, 1.54) is 27.0 Å². The molecule has 0 radical (unpaired) electrons. The maximum absolute atomic E-state index is 13.1. The smallest absolute Gasteiger partial charge is 0.303 e. The quantitative estimate of drug-likeness (QED) is 0.174. The summed E-state index contributed by atoms with van der Waals surface area (Å²) in [6.45, 7) is 15.1. The van der Waals surface area contributed by atoms with Crippen LogP contribution in [0.4, 0.5) is 0 Å². The third-order valence-corrected chi connectivity index (χ3v) is 5.72. The average molecular weight is 449 g/mol. The number of Topliss-reactive ketones (excluding diaryl/α,β-unsaturated/α-hetero) is 2. The van der Waals surface area contributed by atoms with E-state index in [9.17, 15) is 19.2 Å². The fourth-order valence-electron chi connectivity index (χ4n) is 3.77. The van der Waals surface area contributed by atoms with Gasteiger partial charge in [0.1, 0.15) is 18.3 Å². The number of ketones is 2. The number of rotatable bonds is 9. The van der Waals surface area contributed by atoms with Crippen LogP contribution in [0.5, 0.6) is 0 Å². The predicted octanol–water partition coefficient (Wildman–Crippen LogP) is 3.00. The molecule has 0 aromatic heterocycles. The van der Waals surface area contributed by atoms with E-state index < -0.39 is 53.7 Å². The molecule has 0 aromatic rings. The molecule has 8 heteroatoms. The molecule has 0 bridgehead atoms. The highest BCUT2D eigenvalue weighted by molar-refractivity contribution is 5.97. The van der Waals surface area contributed by atoms with E-state index in [0.29, 0.717) is 17.6 Å².